The largest absolute Gasteiger partial charge is 0.481 e. The first kappa shape index (κ1) is 58.4. The second-order valence-electron chi connectivity index (χ2n) is 16.0. The Hall–Kier alpha value is -6.62. The van der Waals surface area contributed by atoms with Gasteiger partial charge in [0, 0.05) is 25.1 Å². The Labute approximate surface area is 388 Å². The normalized spacial score (nSPS) is 17.3. The number of rotatable bonds is 29. The molecule has 0 spiro atoms. The molecule has 0 aliphatic carbocycles. The molecule has 1 saturated heterocycles. The van der Waals surface area contributed by atoms with Gasteiger partial charge < -0.3 is 79.7 Å². The molecule has 29 heteroatoms. The van der Waals surface area contributed by atoms with Crippen molar-refractivity contribution in [2.45, 2.75) is 140 Å². The van der Waals surface area contributed by atoms with E-state index in [-0.39, 0.29) is 25.1 Å². The second kappa shape index (κ2) is 27.8. The van der Waals surface area contributed by atoms with Gasteiger partial charge in [0.15, 0.2) is 0 Å². The summed E-state index contributed by atoms with van der Waals surface area (Å²) in [5.74, 6) is -15.7. The van der Waals surface area contributed by atoms with Gasteiger partial charge in [0.05, 0.1) is 25.0 Å². The zero-order chi connectivity index (χ0) is 51.5. The highest BCUT2D eigenvalue weighted by molar-refractivity contribution is 7.80. The second-order valence-corrected chi connectivity index (χ2v) is 16.3. The molecular weight excluding hydrogens is 915 g/mol. The van der Waals surface area contributed by atoms with E-state index in [0.29, 0.717) is 0 Å². The van der Waals surface area contributed by atoms with Gasteiger partial charge in [-0.15, -0.1) is 0 Å². The van der Waals surface area contributed by atoms with E-state index in [9.17, 15) is 77.6 Å². The lowest BCUT2D eigenvalue weighted by Gasteiger charge is -2.31. The van der Waals surface area contributed by atoms with Crippen molar-refractivity contribution in [1.29, 1.82) is 0 Å². The van der Waals surface area contributed by atoms with E-state index in [0.717, 1.165) is 18.7 Å². The van der Waals surface area contributed by atoms with E-state index in [2.05, 4.69) is 44.5 Å². The highest BCUT2D eigenvalue weighted by atomic mass is 32.1. The van der Waals surface area contributed by atoms with Crippen LogP contribution in [-0.2, 0) is 62.3 Å². The Morgan fingerprint density at radius 2 is 1.15 bits per heavy atom. The minimum absolute atomic E-state index is 0.0464. The number of hydrogen-bond donors (Lipinski definition) is 15. The zero-order valence-corrected chi connectivity index (χ0v) is 38.0. The standard InChI is InChI=1S/C38H61N11O17S/c1-15(2)28(35(62)48-29(17(4)50)36(63)42-16(3)30(57)43-19(8-10-26(53)54)32(59)46-22(38(65)66)12-25(41)52)47-34(61)23-6-5-11-49(23)37(64)20(7-9-24(40)51)44-33(60)21(13-27(55)56)45-31(58)18(39)14-67/h15-23,28-29,50,67H,5-14,39H2,1-4H3,(H2,40,51)(H2,41,52)(H,42,63)(H,43,57)(H,44,60)(H,45,58)(H,46,59)(H,47,61)(H,48,62)(H,53,54)(H,55,56)(H,65,66)/t16-,17+,18-,19-,20-,21-,22-,23-,28-,29-/m0/s1. The molecular formula is C38H61N11O17S. The van der Waals surface area contributed by atoms with Crippen LogP contribution in [0.1, 0.15) is 79.1 Å². The molecule has 67 heavy (non-hydrogen) atoms. The zero-order valence-electron chi connectivity index (χ0n) is 37.1. The smallest absolute Gasteiger partial charge is 0.326 e. The number of carboxylic acids is 3. The van der Waals surface area contributed by atoms with Crippen LogP contribution in [0.4, 0.5) is 0 Å². The fourth-order valence-corrected chi connectivity index (χ4v) is 6.54. The molecule has 1 aliphatic rings. The Balaban J connectivity index is 3.23. The molecule has 0 aromatic rings. The lowest BCUT2D eigenvalue weighted by atomic mass is 10.0. The average Bonchev–Trinajstić information content (AvgIpc) is 3.73. The number of likely N-dealkylation sites (tertiary alicyclic amines) is 1. The van der Waals surface area contributed by atoms with Crippen LogP contribution >= 0.6 is 12.6 Å². The van der Waals surface area contributed by atoms with Gasteiger partial charge in [0.2, 0.25) is 59.1 Å². The topological polar surface area (TPSA) is 468 Å². The highest BCUT2D eigenvalue weighted by Crippen LogP contribution is 2.21. The number of primary amides is 2. The van der Waals surface area contributed by atoms with E-state index in [4.69, 9.17) is 22.3 Å². The number of carboxylic acid groups (broad SMARTS) is 3. The third kappa shape index (κ3) is 19.8. The molecule has 0 bridgehead atoms. The molecule has 1 fully saturated rings. The molecule has 0 saturated carbocycles. The Kier molecular flexibility index (Phi) is 24.2. The van der Waals surface area contributed by atoms with Crippen molar-refractivity contribution in [3.63, 3.8) is 0 Å². The SMILES string of the molecule is CC(C)[C@H](NC(=O)[C@@H]1CCCN1C(=O)[C@H](CCC(N)=O)NC(=O)[C@H](CC(=O)O)NC(=O)[C@@H](N)CS)C(=O)N[C@H](C(=O)N[C@@H](C)C(=O)N[C@@H](CCC(=O)O)C(=O)N[C@@H](CC(N)=O)C(=O)O)[C@@H](C)O. The van der Waals surface area contributed by atoms with Crippen LogP contribution in [0.3, 0.4) is 0 Å². The molecule has 376 valence electrons. The van der Waals surface area contributed by atoms with Crippen LogP contribution in [-0.4, -0.2) is 175 Å². The summed E-state index contributed by atoms with van der Waals surface area (Å²) in [6.45, 7) is 5.21. The number of carbonyl (C=O) groups is 13. The van der Waals surface area contributed by atoms with E-state index in [1.54, 1.807) is 0 Å². The Morgan fingerprint density at radius 1 is 0.612 bits per heavy atom. The van der Waals surface area contributed by atoms with E-state index >= 15 is 0 Å². The molecule has 1 aliphatic heterocycles. The lowest BCUT2D eigenvalue weighted by Crippen LogP contribution is -2.62. The van der Waals surface area contributed by atoms with Gasteiger partial charge in [-0.2, -0.15) is 12.6 Å². The summed E-state index contributed by atoms with van der Waals surface area (Å²) >= 11 is 3.90. The monoisotopic (exact) mass is 975 g/mol. The Morgan fingerprint density at radius 3 is 1.66 bits per heavy atom. The van der Waals surface area contributed by atoms with E-state index in [1.165, 1.54) is 13.8 Å². The van der Waals surface area contributed by atoms with Crippen LogP contribution in [0.2, 0.25) is 0 Å². The first-order chi connectivity index (χ1) is 31.1. The van der Waals surface area contributed by atoms with Gasteiger partial charge in [-0.25, -0.2) is 4.79 Å². The molecule has 0 aromatic carbocycles. The molecule has 28 nitrogen and oxygen atoms in total. The molecule has 17 N–H and O–H groups in total. The molecule has 1 rings (SSSR count). The summed E-state index contributed by atoms with van der Waals surface area (Å²) in [7, 11) is 0. The fraction of sp³-hybridized carbons (Fsp3) is 0.658. The lowest BCUT2D eigenvalue weighted by molar-refractivity contribution is -0.144. The van der Waals surface area contributed by atoms with Crippen LogP contribution in [0.15, 0.2) is 0 Å². The van der Waals surface area contributed by atoms with Crippen LogP contribution in [0, 0.1) is 5.92 Å². The van der Waals surface area contributed by atoms with Crippen molar-refractivity contribution < 1.29 is 82.8 Å². The van der Waals surface area contributed by atoms with E-state index in [1.807, 2.05) is 5.32 Å². The number of amides is 10. The third-order valence-electron chi connectivity index (χ3n) is 10.0. The summed E-state index contributed by atoms with van der Waals surface area (Å²) in [6.07, 6.45) is -5.21. The highest BCUT2D eigenvalue weighted by Gasteiger charge is 2.41. The number of nitrogens with one attached hydrogen (secondary N) is 7. The summed E-state index contributed by atoms with van der Waals surface area (Å²) in [6, 6.07) is -14.1. The Bertz CT molecular complexity index is 1890. The van der Waals surface area contributed by atoms with Crippen molar-refractivity contribution in [2.24, 2.45) is 23.1 Å². The van der Waals surface area contributed by atoms with Crippen LogP contribution in [0.5, 0.6) is 0 Å². The molecule has 0 radical (unpaired) electrons. The molecule has 10 amide bonds. The van der Waals surface area contributed by atoms with Gasteiger partial charge in [-0.05, 0) is 45.4 Å². The average molecular weight is 976 g/mol. The van der Waals surface area contributed by atoms with Gasteiger partial charge in [0.1, 0.15) is 48.3 Å². The predicted octanol–water partition coefficient (Wildman–Crippen LogP) is -6.75. The maximum atomic E-state index is 14.0. The number of nitrogens with two attached hydrogens (primary N) is 3. The number of aliphatic hydroxyl groups excluding tert-OH is 1. The molecule has 0 unspecified atom stereocenters. The van der Waals surface area contributed by atoms with Crippen molar-refractivity contribution in [3.05, 3.63) is 0 Å². The van der Waals surface area contributed by atoms with Crippen molar-refractivity contribution >= 4 is 89.6 Å². The summed E-state index contributed by atoms with van der Waals surface area (Å²) < 4.78 is 0. The quantitative estimate of drug-likeness (QED) is 0.0310. The van der Waals surface area contributed by atoms with Crippen LogP contribution in [0.25, 0.3) is 0 Å². The molecule has 0 aromatic heterocycles. The fourth-order valence-electron chi connectivity index (χ4n) is 6.37. The summed E-state index contributed by atoms with van der Waals surface area (Å²) in [5, 5.41) is 54.1. The van der Waals surface area contributed by atoms with Gasteiger partial charge in [-0.1, -0.05) is 13.8 Å². The number of carbonyl (C=O) groups excluding carboxylic acids is 10. The van der Waals surface area contributed by atoms with Gasteiger partial charge >= 0.3 is 17.9 Å². The van der Waals surface area contributed by atoms with Crippen molar-refractivity contribution in [2.75, 3.05) is 12.3 Å². The van der Waals surface area contributed by atoms with E-state index < -0.39 is 182 Å². The number of thiol groups is 1. The summed E-state index contributed by atoms with van der Waals surface area (Å²) in [4.78, 5) is 165. The molecule has 10 atom stereocenters. The van der Waals surface area contributed by atoms with Gasteiger partial charge in [-0.3, -0.25) is 57.5 Å². The first-order valence-electron chi connectivity index (χ1n) is 20.8. The summed E-state index contributed by atoms with van der Waals surface area (Å²) in [5.41, 5.74) is 15.9. The number of aliphatic carboxylic acids is 3. The predicted molar refractivity (Wildman–Crippen MR) is 231 cm³/mol. The molecule has 1 heterocycles. The van der Waals surface area contributed by atoms with Gasteiger partial charge in [0.25, 0.3) is 0 Å². The first-order valence-corrected chi connectivity index (χ1v) is 21.4. The number of hydrogen-bond acceptors (Lipinski definition) is 16. The van der Waals surface area contributed by atoms with Crippen molar-refractivity contribution in [3.8, 4) is 0 Å². The maximum absolute atomic E-state index is 14.0. The minimum Gasteiger partial charge on any atom is -0.481 e. The number of aliphatic hydroxyl groups is 1. The van der Waals surface area contributed by atoms with Crippen molar-refractivity contribution in [1.82, 2.24) is 42.1 Å². The van der Waals surface area contributed by atoms with Crippen LogP contribution < -0.4 is 54.4 Å². The maximum Gasteiger partial charge on any atom is 0.326 e. The minimum atomic E-state index is -1.83. The third-order valence-corrected chi connectivity index (χ3v) is 10.4. The number of nitrogens with zero attached hydrogens (tertiary/aromatic N) is 1.